The van der Waals surface area contributed by atoms with Gasteiger partial charge in [-0.25, -0.2) is 0 Å². The SMILES string of the molecule is CCC(C)C(C)CCNC(=O)c1cc(Cl)cc(N(CC)C2CCC(N(C)C)CC2)c1C. The Kier molecular flexibility index (Phi) is 10.2. The maximum Gasteiger partial charge on any atom is 0.251 e. The molecule has 176 valence electrons. The van der Waals surface area contributed by atoms with Crippen LogP contribution >= 0.6 is 11.6 Å². The second-order valence-corrected chi connectivity index (χ2v) is 10.2. The number of nitrogens with zero attached hydrogens (tertiary/aromatic N) is 2. The van der Waals surface area contributed by atoms with Gasteiger partial charge in [0.05, 0.1) is 0 Å². The van der Waals surface area contributed by atoms with Gasteiger partial charge in [0.1, 0.15) is 0 Å². The molecule has 1 N–H and O–H groups in total. The Balaban J connectivity index is 2.12. The molecule has 0 heterocycles. The molecule has 0 aromatic heterocycles. The Morgan fingerprint density at radius 2 is 1.71 bits per heavy atom. The van der Waals surface area contributed by atoms with E-state index in [0.717, 1.165) is 24.2 Å². The highest BCUT2D eigenvalue weighted by molar-refractivity contribution is 6.31. The molecule has 1 aromatic rings. The van der Waals surface area contributed by atoms with Gasteiger partial charge < -0.3 is 15.1 Å². The Labute approximate surface area is 195 Å². The van der Waals surface area contributed by atoms with Crippen molar-refractivity contribution in [2.45, 2.75) is 85.2 Å². The summed E-state index contributed by atoms with van der Waals surface area (Å²) in [5.74, 6) is 1.27. The smallest absolute Gasteiger partial charge is 0.251 e. The molecule has 2 atom stereocenters. The van der Waals surface area contributed by atoms with Crippen LogP contribution in [-0.4, -0.2) is 50.1 Å². The molecule has 0 saturated heterocycles. The molecule has 0 spiro atoms. The maximum absolute atomic E-state index is 13.0. The molecule has 4 nitrogen and oxygen atoms in total. The van der Waals surface area contributed by atoms with Gasteiger partial charge in [0.25, 0.3) is 5.91 Å². The van der Waals surface area contributed by atoms with Gasteiger partial charge in [-0.2, -0.15) is 0 Å². The first-order chi connectivity index (χ1) is 14.7. The van der Waals surface area contributed by atoms with Crippen molar-refractivity contribution in [2.75, 3.05) is 32.1 Å². The van der Waals surface area contributed by atoms with Gasteiger partial charge in [0, 0.05) is 41.4 Å². The molecule has 2 unspecified atom stereocenters. The lowest BCUT2D eigenvalue weighted by atomic mass is 9.88. The van der Waals surface area contributed by atoms with Gasteiger partial charge >= 0.3 is 0 Å². The number of hydrogen-bond acceptors (Lipinski definition) is 3. The lowest BCUT2D eigenvalue weighted by molar-refractivity contribution is 0.0949. The summed E-state index contributed by atoms with van der Waals surface area (Å²) in [5.41, 5.74) is 2.86. The fourth-order valence-electron chi connectivity index (χ4n) is 4.91. The van der Waals surface area contributed by atoms with Crippen LogP contribution in [0.15, 0.2) is 12.1 Å². The van der Waals surface area contributed by atoms with E-state index in [2.05, 4.69) is 63.8 Å². The highest BCUT2D eigenvalue weighted by Gasteiger charge is 2.28. The van der Waals surface area contributed by atoms with Gasteiger partial charge in [-0.3, -0.25) is 4.79 Å². The van der Waals surface area contributed by atoms with Crippen molar-refractivity contribution in [2.24, 2.45) is 11.8 Å². The highest BCUT2D eigenvalue weighted by Crippen LogP contribution is 2.34. The molecule has 1 aromatic carbocycles. The molecule has 1 saturated carbocycles. The third-order valence-corrected chi connectivity index (χ3v) is 7.80. The first-order valence-electron chi connectivity index (χ1n) is 12.2. The molecule has 31 heavy (non-hydrogen) atoms. The third-order valence-electron chi connectivity index (χ3n) is 7.58. The Morgan fingerprint density at radius 3 is 2.26 bits per heavy atom. The number of nitrogens with one attached hydrogen (secondary N) is 1. The fourth-order valence-corrected chi connectivity index (χ4v) is 5.12. The lowest BCUT2D eigenvalue weighted by Crippen LogP contribution is -2.42. The van der Waals surface area contributed by atoms with E-state index in [1.54, 1.807) is 0 Å². The van der Waals surface area contributed by atoms with Crippen LogP contribution in [-0.2, 0) is 0 Å². The Morgan fingerprint density at radius 1 is 1.10 bits per heavy atom. The second kappa shape index (κ2) is 12.1. The number of rotatable bonds is 10. The zero-order valence-corrected chi connectivity index (χ0v) is 21.6. The van der Waals surface area contributed by atoms with Crippen LogP contribution in [0.25, 0.3) is 0 Å². The normalized spacial score (nSPS) is 21.1. The quantitative estimate of drug-likeness (QED) is 0.465. The van der Waals surface area contributed by atoms with Crippen molar-refractivity contribution >= 4 is 23.2 Å². The minimum absolute atomic E-state index is 0.00929. The largest absolute Gasteiger partial charge is 0.369 e. The van der Waals surface area contributed by atoms with E-state index in [-0.39, 0.29) is 5.91 Å². The number of amides is 1. The van der Waals surface area contributed by atoms with E-state index in [9.17, 15) is 4.79 Å². The predicted molar refractivity (Wildman–Crippen MR) is 135 cm³/mol. The molecular formula is C26H44ClN3O. The number of halogens is 1. The van der Waals surface area contributed by atoms with Crippen molar-refractivity contribution < 1.29 is 4.79 Å². The van der Waals surface area contributed by atoms with Crippen molar-refractivity contribution in [3.63, 3.8) is 0 Å². The van der Waals surface area contributed by atoms with Gasteiger partial charge in [0.2, 0.25) is 0 Å². The molecule has 1 amide bonds. The Bertz CT molecular complexity index is 713. The molecule has 1 aliphatic carbocycles. The second-order valence-electron chi connectivity index (χ2n) is 9.72. The number of anilines is 1. The summed E-state index contributed by atoms with van der Waals surface area (Å²) in [5, 5.41) is 3.78. The van der Waals surface area contributed by atoms with Crippen LogP contribution in [0.4, 0.5) is 5.69 Å². The van der Waals surface area contributed by atoms with Gasteiger partial charge in [-0.15, -0.1) is 0 Å². The predicted octanol–water partition coefficient (Wildman–Crippen LogP) is 6.15. The molecule has 5 heteroatoms. The standard InChI is InChI=1S/C26H44ClN3O/c1-8-18(3)19(4)14-15-28-26(31)24-16-21(27)17-25(20(24)5)30(9-2)23-12-10-22(11-13-23)29(6)7/h16-19,22-23H,8-15H2,1-7H3,(H,28,31). The van der Waals surface area contributed by atoms with E-state index in [0.29, 0.717) is 41.1 Å². The van der Waals surface area contributed by atoms with Gasteiger partial charge in [0.15, 0.2) is 0 Å². The summed E-state index contributed by atoms with van der Waals surface area (Å²) in [4.78, 5) is 17.8. The molecule has 2 rings (SSSR count). The summed E-state index contributed by atoms with van der Waals surface area (Å²) < 4.78 is 0. The molecule has 1 fully saturated rings. The summed E-state index contributed by atoms with van der Waals surface area (Å²) >= 11 is 6.50. The number of hydrogen-bond donors (Lipinski definition) is 1. The first-order valence-corrected chi connectivity index (χ1v) is 12.6. The van der Waals surface area contributed by atoms with Crippen LogP contribution in [0.1, 0.15) is 82.1 Å². The van der Waals surface area contributed by atoms with Crippen LogP contribution in [0.3, 0.4) is 0 Å². The van der Waals surface area contributed by atoms with Crippen molar-refractivity contribution in [1.29, 1.82) is 0 Å². The average Bonchev–Trinajstić information content (AvgIpc) is 2.75. The third kappa shape index (κ3) is 6.86. The van der Waals surface area contributed by atoms with Crippen molar-refractivity contribution in [3.8, 4) is 0 Å². The Hall–Kier alpha value is -1.26. The van der Waals surface area contributed by atoms with E-state index in [4.69, 9.17) is 11.6 Å². The summed E-state index contributed by atoms with van der Waals surface area (Å²) in [7, 11) is 4.36. The molecule has 0 bridgehead atoms. The topological polar surface area (TPSA) is 35.6 Å². The molecule has 0 aliphatic heterocycles. The van der Waals surface area contributed by atoms with Crippen LogP contribution in [0.2, 0.25) is 5.02 Å². The fraction of sp³-hybridized carbons (Fsp3) is 0.731. The van der Waals surface area contributed by atoms with Gasteiger partial charge in [-0.1, -0.05) is 38.8 Å². The zero-order chi connectivity index (χ0) is 23.1. The minimum Gasteiger partial charge on any atom is -0.369 e. The highest BCUT2D eigenvalue weighted by atomic mass is 35.5. The van der Waals surface area contributed by atoms with Crippen molar-refractivity contribution in [3.05, 3.63) is 28.3 Å². The minimum atomic E-state index is -0.00929. The van der Waals surface area contributed by atoms with Crippen LogP contribution in [0, 0.1) is 18.8 Å². The number of carbonyl (C=O) groups excluding carboxylic acids is 1. The van der Waals surface area contributed by atoms with E-state index < -0.39 is 0 Å². The number of benzene rings is 1. The van der Waals surface area contributed by atoms with E-state index in [1.165, 1.54) is 32.1 Å². The first kappa shape index (κ1) is 26.0. The van der Waals surface area contributed by atoms with E-state index >= 15 is 0 Å². The van der Waals surface area contributed by atoms with Crippen molar-refractivity contribution in [1.82, 2.24) is 10.2 Å². The van der Waals surface area contributed by atoms with Gasteiger partial charge in [-0.05, 0) is 89.6 Å². The molecular weight excluding hydrogens is 406 g/mol. The average molecular weight is 450 g/mol. The monoisotopic (exact) mass is 449 g/mol. The summed E-state index contributed by atoms with van der Waals surface area (Å²) in [6.45, 7) is 12.7. The van der Waals surface area contributed by atoms with Crippen LogP contribution in [0.5, 0.6) is 0 Å². The lowest BCUT2D eigenvalue weighted by Gasteiger charge is -2.40. The van der Waals surface area contributed by atoms with Crippen LogP contribution < -0.4 is 10.2 Å². The maximum atomic E-state index is 13.0. The summed E-state index contributed by atoms with van der Waals surface area (Å²) in [6.07, 6.45) is 6.97. The summed E-state index contributed by atoms with van der Waals surface area (Å²) in [6, 6.07) is 5.05. The number of carbonyl (C=O) groups is 1. The molecule has 0 radical (unpaired) electrons. The molecule has 1 aliphatic rings. The van der Waals surface area contributed by atoms with E-state index in [1.807, 2.05) is 12.1 Å². The zero-order valence-electron chi connectivity index (χ0n) is 20.8.